The second-order valence-electron chi connectivity index (χ2n) is 4.47. The van der Waals surface area contributed by atoms with Crippen molar-refractivity contribution in [3.8, 4) is 11.5 Å². The molecule has 0 saturated carbocycles. The highest BCUT2D eigenvalue weighted by molar-refractivity contribution is 5.46. The Bertz CT molecular complexity index is 374. The zero-order valence-corrected chi connectivity index (χ0v) is 9.20. The van der Waals surface area contributed by atoms with Gasteiger partial charge in [-0.2, -0.15) is 0 Å². The van der Waals surface area contributed by atoms with Crippen molar-refractivity contribution < 1.29 is 10.2 Å². The number of aromatic hydroxyl groups is 2. The van der Waals surface area contributed by atoms with Crippen LogP contribution in [0.15, 0.2) is 12.1 Å². The summed E-state index contributed by atoms with van der Waals surface area (Å²) < 4.78 is 0. The molecule has 0 heterocycles. The van der Waals surface area contributed by atoms with Crippen molar-refractivity contribution >= 4 is 0 Å². The number of hydrogen-bond acceptors (Lipinski definition) is 3. The van der Waals surface area contributed by atoms with Gasteiger partial charge in [-0.15, -0.1) is 0 Å². The first-order valence-corrected chi connectivity index (χ1v) is 5.28. The van der Waals surface area contributed by atoms with Crippen LogP contribution in [0.4, 0.5) is 0 Å². The van der Waals surface area contributed by atoms with Gasteiger partial charge in [0.25, 0.3) is 0 Å². The monoisotopic (exact) mass is 207 g/mol. The van der Waals surface area contributed by atoms with Crippen LogP contribution in [-0.4, -0.2) is 35.3 Å². The van der Waals surface area contributed by atoms with Gasteiger partial charge in [0.2, 0.25) is 0 Å². The molecular formula is C12H17NO2. The lowest BCUT2D eigenvalue weighted by molar-refractivity contribution is 0.267. The maximum Gasteiger partial charge on any atom is 0.157 e. The van der Waals surface area contributed by atoms with Crippen LogP contribution in [0.3, 0.4) is 0 Å². The molecule has 0 fully saturated rings. The Morgan fingerprint density at radius 1 is 1.13 bits per heavy atom. The van der Waals surface area contributed by atoms with E-state index in [1.807, 2.05) is 0 Å². The van der Waals surface area contributed by atoms with Gasteiger partial charge in [-0.3, -0.25) is 0 Å². The van der Waals surface area contributed by atoms with Crippen molar-refractivity contribution in [2.24, 2.45) is 0 Å². The van der Waals surface area contributed by atoms with Crippen molar-refractivity contribution in [3.63, 3.8) is 0 Å². The Morgan fingerprint density at radius 3 is 2.33 bits per heavy atom. The Kier molecular flexibility index (Phi) is 2.57. The lowest BCUT2D eigenvalue weighted by Gasteiger charge is -2.29. The third kappa shape index (κ3) is 1.92. The van der Waals surface area contributed by atoms with Crippen LogP contribution in [0.25, 0.3) is 0 Å². The summed E-state index contributed by atoms with van der Waals surface area (Å²) in [5.74, 6) is -0.00907. The summed E-state index contributed by atoms with van der Waals surface area (Å²) in [6.45, 7) is 0. The number of phenolic OH excluding ortho intramolecular Hbond substituents is 2. The molecule has 0 amide bonds. The van der Waals surface area contributed by atoms with Crippen LogP contribution in [0, 0.1) is 0 Å². The predicted octanol–water partition coefficient (Wildman–Crippen LogP) is 1.52. The average molecular weight is 207 g/mol. The van der Waals surface area contributed by atoms with Gasteiger partial charge < -0.3 is 15.1 Å². The molecule has 2 rings (SSSR count). The maximum absolute atomic E-state index is 9.44. The molecule has 0 saturated heterocycles. The zero-order chi connectivity index (χ0) is 11.0. The van der Waals surface area contributed by atoms with Crippen LogP contribution in [0.5, 0.6) is 11.5 Å². The molecule has 0 bridgehead atoms. The molecule has 0 aliphatic heterocycles. The highest BCUT2D eigenvalue weighted by Gasteiger charge is 2.21. The minimum Gasteiger partial charge on any atom is -0.504 e. The van der Waals surface area contributed by atoms with Gasteiger partial charge in [0.05, 0.1) is 0 Å². The molecule has 1 atom stereocenters. The third-order valence-electron chi connectivity index (χ3n) is 3.23. The van der Waals surface area contributed by atoms with Crippen molar-refractivity contribution in [2.45, 2.75) is 25.3 Å². The quantitative estimate of drug-likeness (QED) is 0.686. The van der Waals surface area contributed by atoms with E-state index in [1.165, 1.54) is 5.56 Å². The summed E-state index contributed by atoms with van der Waals surface area (Å²) in [6, 6.07) is 3.93. The molecule has 1 aromatic rings. The Labute approximate surface area is 90.0 Å². The van der Waals surface area contributed by atoms with E-state index in [1.54, 1.807) is 12.1 Å². The van der Waals surface area contributed by atoms with Gasteiger partial charge in [0.1, 0.15) is 0 Å². The largest absolute Gasteiger partial charge is 0.504 e. The van der Waals surface area contributed by atoms with Crippen molar-refractivity contribution in [3.05, 3.63) is 23.3 Å². The van der Waals surface area contributed by atoms with Crippen molar-refractivity contribution in [1.29, 1.82) is 0 Å². The molecule has 0 unspecified atom stereocenters. The molecule has 1 aromatic carbocycles. The van der Waals surface area contributed by atoms with Gasteiger partial charge in [-0.05, 0) is 56.6 Å². The van der Waals surface area contributed by atoms with Crippen LogP contribution in [-0.2, 0) is 12.8 Å². The van der Waals surface area contributed by atoms with E-state index >= 15 is 0 Å². The third-order valence-corrected chi connectivity index (χ3v) is 3.23. The van der Waals surface area contributed by atoms with Crippen LogP contribution < -0.4 is 0 Å². The predicted molar refractivity (Wildman–Crippen MR) is 59.3 cm³/mol. The van der Waals surface area contributed by atoms with E-state index in [2.05, 4.69) is 19.0 Å². The SMILES string of the molecule is CN(C)[C@H]1CCc2cc(O)c(O)cc2C1. The number of phenols is 2. The summed E-state index contributed by atoms with van der Waals surface area (Å²) in [5, 5.41) is 18.8. The number of fused-ring (bicyclic) bond motifs is 1. The first-order chi connectivity index (χ1) is 7.08. The summed E-state index contributed by atoms with van der Waals surface area (Å²) >= 11 is 0. The van der Waals surface area contributed by atoms with E-state index in [9.17, 15) is 10.2 Å². The lowest BCUT2D eigenvalue weighted by Crippen LogP contribution is -2.33. The topological polar surface area (TPSA) is 43.7 Å². The summed E-state index contributed by atoms with van der Waals surface area (Å²) in [4.78, 5) is 2.22. The second kappa shape index (κ2) is 3.74. The van der Waals surface area contributed by atoms with Gasteiger partial charge >= 0.3 is 0 Å². The number of rotatable bonds is 1. The fourth-order valence-corrected chi connectivity index (χ4v) is 2.20. The number of hydrogen-bond donors (Lipinski definition) is 2. The average Bonchev–Trinajstić information content (AvgIpc) is 2.19. The van der Waals surface area contributed by atoms with Gasteiger partial charge in [0.15, 0.2) is 11.5 Å². The van der Waals surface area contributed by atoms with E-state index < -0.39 is 0 Å². The van der Waals surface area contributed by atoms with E-state index in [-0.39, 0.29) is 11.5 Å². The molecule has 3 nitrogen and oxygen atoms in total. The van der Waals surface area contributed by atoms with Gasteiger partial charge in [-0.1, -0.05) is 0 Å². The minimum absolute atomic E-state index is 0.00273. The number of nitrogens with zero attached hydrogens (tertiary/aromatic N) is 1. The normalized spacial score (nSPS) is 20.3. The summed E-state index contributed by atoms with van der Waals surface area (Å²) in [7, 11) is 4.16. The standard InChI is InChI=1S/C12H17NO2/c1-13(2)10-4-3-8-6-11(14)12(15)7-9(8)5-10/h6-7,10,14-15H,3-5H2,1-2H3/t10-/m0/s1. The zero-order valence-electron chi connectivity index (χ0n) is 9.20. The molecular weight excluding hydrogens is 190 g/mol. The summed E-state index contributed by atoms with van der Waals surface area (Å²) in [6.07, 6.45) is 3.05. The fraction of sp³-hybridized carbons (Fsp3) is 0.500. The molecule has 1 aliphatic carbocycles. The van der Waals surface area contributed by atoms with E-state index in [0.717, 1.165) is 24.8 Å². The molecule has 0 radical (unpaired) electrons. The maximum atomic E-state index is 9.44. The first kappa shape index (κ1) is 10.3. The van der Waals surface area contributed by atoms with Gasteiger partial charge in [-0.25, -0.2) is 0 Å². The molecule has 3 heteroatoms. The lowest BCUT2D eigenvalue weighted by atomic mass is 9.87. The second-order valence-corrected chi connectivity index (χ2v) is 4.47. The molecule has 15 heavy (non-hydrogen) atoms. The number of aryl methyl sites for hydroxylation is 1. The first-order valence-electron chi connectivity index (χ1n) is 5.28. The van der Waals surface area contributed by atoms with Crippen LogP contribution in [0.1, 0.15) is 17.5 Å². The molecule has 2 N–H and O–H groups in total. The molecule has 0 spiro atoms. The number of likely N-dealkylation sites (N-methyl/N-ethyl adjacent to an activating group) is 1. The number of benzene rings is 1. The highest BCUT2D eigenvalue weighted by Crippen LogP contribution is 2.33. The Morgan fingerprint density at radius 2 is 1.73 bits per heavy atom. The molecule has 82 valence electrons. The molecule has 0 aromatic heterocycles. The van der Waals surface area contributed by atoms with Crippen molar-refractivity contribution in [2.75, 3.05) is 14.1 Å². The highest BCUT2D eigenvalue weighted by atomic mass is 16.3. The van der Waals surface area contributed by atoms with E-state index in [4.69, 9.17) is 0 Å². The Balaban J connectivity index is 2.30. The van der Waals surface area contributed by atoms with Gasteiger partial charge in [0, 0.05) is 6.04 Å². The van der Waals surface area contributed by atoms with Crippen molar-refractivity contribution in [1.82, 2.24) is 4.90 Å². The van der Waals surface area contributed by atoms with E-state index in [0.29, 0.717) is 6.04 Å². The van der Waals surface area contributed by atoms with Crippen LogP contribution >= 0.6 is 0 Å². The van der Waals surface area contributed by atoms with Crippen LogP contribution in [0.2, 0.25) is 0 Å². The Hall–Kier alpha value is -1.22. The smallest absolute Gasteiger partial charge is 0.157 e. The molecule has 1 aliphatic rings. The summed E-state index contributed by atoms with van der Waals surface area (Å²) in [5.41, 5.74) is 2.33. The fourth-order valence-electron chi connectivity index (χ4n) is 2.20. The minimum atomic E-state index is -0.00634.